The van der Waals surface area contributed by atoms with E-state index in [1.165, 1.54) is 6.92 Å². The number of benzene rings is 1. The van der Waals surface area contributed by atoms with Crippen molar-refractivity contribution in [2.45, 2.75) is 13.1 Å². The van der Waals surface area contributed by atoms with Gasteiger partial charge in [-0.15, -0.1) is 0 Å². The average molecular weight is 326 g/mol. The van der Waals surface area contributed by atoms with Crippen LogP contribution in [0.3, 0.4) is 0 Å². The van der Waals surface area contributed by atoms with E-state index in [0.29, 0.717) is 12.1 Å². The number of alkyl halides is 3. The molecule has 0 aromatic heterocycles. The van der Waals surface area contributed by atoms with Crippen LogP contribution in [-0.4, -0.2) is 26.0 Å². The number of nitrogens with zero attached hydrogens (tertiary/aromatic N) is 1. The van der Waals surface area contributed by atoms with Gasteiger partial charge in [-0.1, -0.05) is 12.1 Å². The van der Waals surface area contributed by atoms with Gasteiger partial charge in [-0.05, 0) is 18.2 Å². The zero-order chi connectivity index (χ0) is 16.3. The van der Waals surface area contributed by atoms with Crippen molar-refractivity contribution in [1.82, 2.24) is 4.72 Å². The molecule has 0 atom stereocenters. The second kappa shape index (κ2) is 6.18. The van der Waals surface area contributed by atoms with Crippen molar-refractivity contribution in [3.05, 3.63) is 29.3 Å². The summed E-state index contributed by atoms with van der Waals surface area (Å²) in [4.78, 5) is 0. The van der Waals surface area contributed by atoms with E-state index >= 15 is 0 Å². The summed E-state index contributed by atoms with van der Waals surface area (Å²) in [5.74, 6) is -0.657. The highest BCUT2D eigenvalue weighted by Gasteiger charge is 2.31. The Morgan fingerprint density at radius 1 is 1.43 bits per heavy atom. The first-order chi connectivity index (χ1) is 9.60. The first kappa shape index (κ1) is 17.0. The fourth-order valence-electron chi connectivity index (χ4n) is 1.45. The molecule has 0 amide bonds. The lowest BCUT2D eigenvalue weighted by Crippen LogP contribution is -2.31. The van der Waals surface area contributed by atoms with Crippen LogP contribution in [0, 0.1) is 0 Å². The zero-order valence-electron chi connectivity index (χ0n) is 10.8. The standard InChI is InChI=1S/C10H13F3N4O3S/c1-2-15-21(19,20)17-8-4-3-6(10(11,12)13)5-7(8)9(14)16-18/h3-5,15,17-18H,2H2,1H3,(H2,14,16). The van der Waals surface area contributed by atoms with Crippen LogP contribution in [0.5, 0.6) is 0 Å². The van der Waals surface area contributed by atoms with Crippen molar-refractivity contribution < 1.29 is 26.8 Å². The molecule has 0 aliphatic heterocycles. The number of hydrogen-bond acceptors (Lipinski definition) is 4. The van der Waals surface area contributed by atoms with Crippen LogP contribution in [0.4, 0.5) is 18.9 Å². The highest BCUT2D eigenvalue weighted by Crippen LogP contribution is 2.32. The summed E-state index contributed by atoms with van der Waals surface area (Å²) in [5.41, 5.74) is 3.57. The molecule has 5 N–H and O–H groups in total. The molecule has 1 rings (SSSR count). The number of rotatable bonds is 5. The van der Waals surface area contributed by atoms with E-state index in [1.807, 2.05) is 4.72 Å². The number of halogens is 3. The molecule has 0 saturated carbocycles. The van der Waals surface area contributed by atoms with E-state index in [2.05, 4.69) is 9.88 Å². The zero-order valence-corrected chi connectivity index (χ0v) is 11.6. The molecule has 0 spiro atoms. The van der Waals surface area contributed by atoms with Gasteiger partial charge in [-0.25, -0.2) is 0 Å². The summed E-state index contributed by atoms with van der Waals surface area (Å²) in [6.07, 6.45) is -4.65. The van der Waals surface area contributed by atoms with Crippen LogP contribution in [0.25, 0.3) is 0 Å². The number of amidine groups is 1. The Kier molecular flexibility index (Phi) is 5.01. The van der Waals surface area contributed by atoms with E-state index in [4.69, 9.17) is 10.9 Å². The van der Waals surface area contributed by atoms with Crippen LogP contribution in [0.2, 0.25) is 0 Å². The average Bonchev–Trinajstić information content (AvgIpc) is 2.36. The molecule has 0 aliphatic rings. The summed E-state index contributed by atoms with van der Waals surface area (Å²) in [7, 11) is -3.97. The first-order valence-electron chi connectivity index (χ1n) is 5.57. The molecule has 0 heterocycles. The highest BCUT2D eigenvalue weighted by atomic mass is 32.2. The van der Waals surface area contributed by atoms with Gasteiger partial charge < -0.3 is 10.9 Å². The minimum absolute atomic E-state index is 0.0782. The van der Waals surface area contributed by atoms with Crippen molar-refractivity contribution in [3.8, 4) is 0 Å². The predicted molar refractivity (Wildman–Crippen MR) is 70.2 cm³/mol. The topological polar surface area (TPSA) is 117 Å². The third-order valence-corrected chi connectivity index (χ3v) is 3.47. The van der Waals surface area contributed by atoms with Crippen LogP contribution in [0.15, 0.2) is 23.4 Å². The molecule has 0 fully saturated rings. The Morgan fingerprint density at radius 2 is 2.05 bits per heavy atom. The molecule has 1 aromatic rings. The van der Waals surface area contributed by atoms with Gasteiger partial charge in [0.05, 0.1) is 11.3 Å². The van der Waals surface area contributed by atoms with Gasteiger partial charge in [0.1, 0.15) is 0 Å². The molecule has 0 saturated heterocycles. The van der Waals surface area contributed by atoms with Crippen LogP contribution in [0.1, 0.15) is 18.1 Å². The summed E-state index contributed by atoms with van der Waals surface area (Å²) < 4.78 is 65.1. The van der Waals surface area contributed by atoms with Gasteiger partial charge in [0.15, 0.2) is 5.84 Å². The quantitative estimate of drug-likeness (QED) is 0.280. The second-order valence-electron chi connectivity index (χ2n) is 3.85. The Bertz CT molecular complexity index is 643. The lowest BCUT2D eigenvalue weighted by molar-refractivity contribution is -0.137. The van der Waals surface area contributed by atoms with Crippen molar-refractivity contribution in [2.75, 3.05) is 11.3 Å². The third kappa shape index (κ3) is 4.49. The maximum absolute atomic E-state index is 12.6. The molecule has 0 unspecified atom stereocenters. The molecular weight excluding hydrogens is 313 g/mol. The molecule has 7 nitrogen and oxygen atoms in total. The largest absolute Gasteiger partial charge is 0.416 e. The van der Waals surface area contributed by atoms with Gasteiger partial charge in [0, 0.05) is 12.1 Å². The maximum atomic E-state index is 12.6. The van der Waals surface area contributed by atoms with Crippen molar-refractivity contribution in [1.29, 1.82) is 0 Å². The Labute approximate surface area is 118 Å². The van der Waals surface area contributed by atoms with E-state index in [-0.39, 0.29) is 12.2 Å². The van der Waals surface area contributed by atoms with E-state index < -0.39 is 33.3 Å². The third-order valence-electron chi connectivity index (χ3n) is 2.31. The molecule has 0 aliphatic carbocycles. The summed E-state index contributed by atoms with van der Waals surface area (Å²) in [5, 5.41) is 11.2. The lowest BCUT2D eigenvalue weighted by atomic mass is 10.1. The number of oxime groups is 1. The van der Waals surface area contributed by atoms with Crippen LogP contribution in [-0.2, 0) is 16.4 Å². The molecule has 0 radical (unpaired) electrons. The van der Waals surface area contributed by atoms with Crippen LogP contribution >= 0.6 is 0 Å². The SMILES string of the molecule is CCNS(=O)(=O)Nc1ccc(C(F)(F)F)cc1/C(N)=N/O. The smallest absolute Gasteiger partial charge is 0.409 e. The van der Waals surface area contributed by atoms with Crippen molar-refractivity contribution >= 4 is 21.7 Å². The first-order valence-corrected chi connectivity index (χ1v) is 7.05. The number of anilines is 1. The lowest BCUT2D eigenvalue weighted by Gasteiger charge is -2.14. The van der Waals surface area contributed by atoms with Crippen molar-refractivity contribution in [2.24, 2.45) is 10.9 Å². The van der Waals surface area contributed by atoms with Gasteiger partial charge in [-0.3, -0.25) is 4.72 Å². The number of nitrogens with one attached hydrogen (secondary N) is 2. The maximum Gasteiger partial charge on any atom is 0.416 e. The molecule has 11 heteroatoms. The Balaban J connectivity index is 3.33. The molecule has 21 heavy (non-hydrogen) atoms. The van der Waals surface area contributed by atoms with Gasteiger partial charge in [0.2, 0.25) is 0 Å². The Morgan fingerprint density at radius 3 is 2.52 bits per heavy atom. The minimum atomic E-state index is -4.65. The van der Waals surface area contributed by atoms with Crippen LogP contribution < -0.4 is 15.2 Å². The highest BCUT2D eigenvalue weighted by molar-refractivity contribution is 7.90. The number of nitrogens with two attached hydrogens (primary N) is 1. The summed E-state index contributed by atoms with van der Waals surface area (Å²) in [6.45, 7) is 1.60. The number of hydrogen-bond donors (Lipinski definition) is 4. The Hall–Kier alpha value is -2.01. The van der Waals surface area contributed by atoms with Gasteiger partial charge in [0.25, 0.3) is 10.2 Å². The summed E-state index contributed by atoms with van der Waals surface area (Å²) >= 11 is 0. The normalized spacial score (nSPS) is 13.2. The summed E-state index contributed by atoms with van der Waals surface area (Å²) in [6, 6.07) is 2.14. The van der Waals surface area contributed by atoms with Crippen molar-refractivity contribution in [3.63, 3.8) is 0 Å². The fraction of sp³-hybridized carbons (Fsp3) is 0.300. The molecule has 118 valence electrons. The van der Waals surface area contributed by atoms with E-state index in [1.54, 1.807) is 0 Å². The molecular formula is C10H13F3N4O3S. The van der Waals surface area contributed by atoms with Gasteiger partial charge in [-0.2, -0.15) is 26.3 Å². The van der Waals surface area contributed by atoms with E-state index in [0.717, 1.165) is 6.07 Å². The molecule has 0 bridgehead atoms. The molecule has 1 aromatic carbocycles. The fourth-order valence-corrected chi connectivity index (χ4v) is 2.37. The second-order valence-corrected chi connectivity index (χ2v) is 5.35. The minimum Gasteiger partial charge on any atom is -0.409 e. The monoisotopic (exact) mass is 326 g/mol. The predicted octanol–water partition coefficient (Wildman–Crippen LogP) is 1.07. The van der Waals surface area contributed by atoms with Gasteiger partial charge >= 0.3 is 6.18 Å². The van der Waals surface area contributed by atoms with E-state index in [9.17, 15) is 21.6 Å².